The normalized spacial score (nSPS) is 21.4. The summed E-state index contributed by atoms with van der Waals surface area (Å²) in [4.78, 5) is 7.69. The summed E-state index contributed by atoms with van der Waals surface area (Å²) in [5.41, 5.74) is 3.00. The van der Waals surface area contributed by atoms with Crippen molar-refractivity contribution in [3.8, 4) is 0 Å². The molecule has 3 nitrogen and oxygen atoms in total. The Morgan fingerprint density at radius 1 is 0.905 bits per heavy atom. The SMILES string of the molecule is CCN1CCN(C2=CCN(Cc3ccccc3)CC2)CC1. The molecule has 21 heavy (non-hydrogen) atoms. The molecule has 1 aromatic rings. The average Bonchev–Trinajstić information content (AvgIpc) is 2.57. The number of hydrogen-bond donors (Lipinski definition) is 0. The van der Waals surface area contributed by atoms with Gasteiger partial charge in [0, 0.05) is 51.5 Å². The molecule has 3 rings (SSSR count). The van der Waals surface area contributed by atoms with Crippen LogP contribution in [0.5, 0.6) is 0 Å². The molecule has 0 unspecified atom stereocenters. The summed E-state index contributed by atoms with van der Waals surface area (Å²) < 4.78 is 0. The highest BCUT2D eigenvalue weighted by atomic mass is 15.3. The Balaban J connectivity index is 1.50. The number of piperazine rings is 1. The number of likely N-dealkylation sites (N-methyl/N-ethyl adjacent to an activating group) is 1. The minimum atomic E-state index is 1.08. The minimum absolute atomic E-state index is 1.08. The molecule has 3 heteroatoms. The second kappa shape index (κ2) is 7.10. The van der Waals surface area contributed by atoms with Crippen LogP contribution in [0.15, 0.2) is 42.1 Å². The Labute approximate surface area is 128 Å². The van der Waals surface area contributed by atoms with E-state index in [1.165, 1.54) is 51.3 Å². The van der Waals surface area contributed by atoms with Crippen molar-refractivity contribution < 1.29 is 0 Å². The Kier molecular flexibility index (Phi) is 4.94. The van der Waals surface area contributed by atoms with E-state index >= 15 is 0 Å². The van der Waals surface area contributed by atoms with Crippen LogP contribution in [0.1, 0.15) is 18.9 Å². The van der Waals surface area contributed by atoms with E-state index in [1.54, 1.807) is 5.70 Å². The van der Waals surface area contributed by atoms with E-state index < -0.39 is 0 Å². The van der Waals surface area contributed by atoms with Gasteiger partial charge in [0.05, 0.1) is 0 Å². The number of nitrogens with zero attached hydrogens (tertiary/aromatic N) is 3. The van der Waals surface area contributed by atoms with Gasteiger partial charge >= 0.3 is 0 Å². The summed E-state index contributed by atoms with van der Waals surface area (Å²) in [5, 5.41) is 0. The van der Waals surface area contributed by atoms with Crippen molar-refractivity contribution in [3.05, 3.63) is 47.7 Å². The minimum Gasteiger partial charge on any atom is -0.372 e. The number of hydrogen-bond acceptors (Lipinski definition) is 3. The molecule has 1 saturated heterocycles. The van der Waals surface area contributed by atoms with E-state index in [1.807, 2.05) is 0 Å². The molecule has 0 bridgehead atoms. The van der Waals surface area contributed by atoms with E-state index in [4.69, 9.17) is 0 Å². The van der Waals surface area contributed by atoms with Crippen LogP contribution in [-0.4, -0.2) is 60.5 Å². The van der Waals surface area contributed by atoms with Gasteiger partial charge in [0.2, 0.25) is 0 Å². The smallest absolute Gasteiger partial charge is 0.0303 e. The third kappa shape index (κ3) is 3.86. The second-order valence-electron chi connectivity index (χ2n) is 6.09. The molecule has 0 spiro atoms. The fourth-order valence-electron chi connectivity index (χ4n) is 3.32. The zero-order valence-corrected chi connectivity index (χ0v) is 13.2. The molecule has 0 aliphatic carbocycles. The lowest BCUT2D eigenvalue weighted by atomic mass is 10.1. The van der Waals surface area contributed by atoms with Crippen molar-refractivity contribution in [1.29, 1.82) is 0 Å². The van der Waals surface area contributed by atoms with Crippen LogP contribution in [0, 0.1) is 0 Å². The first kappa shape index (κ1) is 14.6. The first-order chi connectivity index (χ1) is 10.3. The zero-order chi connectivity index (χ0) is 14.5. The first-order valence-electron chi connectivity index (χ1n) is 8.28. The third-order valence-electron chi connectivity index (χ3n) is 4.74. The van der Waals surface area contributed by atoms with Crippen molar-refractivity contribution in [2.24, 2.45) is 0 Å². The van der Waals surface area contributed by atoms with Crippen LogP contribution in [0.2, 0.25) is 0 Å². The van der Waals surface area contributed by atoms with Crippen LogP contribution < -0.4 is 0 Å². The van der Waals surface area contributed by atoms with Crippen LogP contribution in [0.4, 0.5) is 0 Å². The lowest BCUT2D eigenvalue weighted by molar-refractivity contribution is 0.153. The summed E-state index contributed by atoms with van der Waals surface area (Å²) >= 11 is 0. The molecule has 2 heterocycles. The molecule has 1 fully saturated rings. The molecular weight excluding hydrogens is 258 g/mol. The summed E-state index contributed by atoms with van der Waals surface area (Å²) in [5.74, 6) is 0. The molecule has 0 amide bonds. The molecule has 114 valence electrons. The fraction of sp³-hybridized carbons (Fsp3) is 0.556. The molecule has 0 N–H and O–H groups in total. The molecule has 2 aliphatic heterocycles. The summed E-state index contributed by atoms with van der Waals surface area (Å²) in [7, 11) is 0. The predicted octanol–water partition coefficient (Wildman–Crippen LogP) is 2.41. The maximum Gasteiger partial charge on any atom is 0.0303 e. The van der Waals surface area contributed by atoms with Gasteiger partial charge in [0.25, 0.3) is 0 Å². The highest BCUT2D eigenvalue weighted by Crippen LogP contribution is 2.18. The Hall–Kier alpha value is -1.32. The van der Waals surface area contributed by atoms with Gasteiger partial charge in [-0.25, -0.2) is 0 Å². The van der Waals surface area contributed by atoms with Gasteiger partial charge in [-0.1, -0.05) is 43.3 Å². The van der Waals surface area contributed by atoms with Crippen LogP contribution in [-0.2, 0) is 6.54 Å². The quantitative estimate of drug-likeness (QED) is 0.841. The lowest BCUT2D eigenvalue weighted by Gasteiger charge is -2.39. The molecule has 0 saturated carbocycles. The van der Waals surface area contributed by atoms with Gasteiger partial charge in [-0.3, -0.25) is 4.90 Å². The van der Waals surface area contributed by atoms with Crippen LogP contribution >= 0.6 is 0 Å². The monoisotopic (exact) mass is 285 g/mol. The van der Waals surface area contributed by atoms with E-state index in [2.05, 4.69) is 58.0 Å². The van der Waals surface area contributed by atoms with Crippen molar-refractivity contribution >= 4 is 0 Å². The molecule has 0 radical (unpaired) electrons. The van der Waals surface area contributed by atoms with E-state index in [9.17, 15) is 0 Å². The average molecular weight is 285 g/mol. The van der Waals surface area contributed by atoms with Crippen molar-refractivity contribution in [1.82, 2.24) is 14.7 Å². The van der Waals surface area contributed by atoms with Gasteiger partial charge in [-0.2, -0.15) is 0 Å². The number of benzene rings is 1. The van der Waals surface area contributed by atoms with E-state index in [-0.39, 0.29) is 0 Å². The third-order valence-corrected chi connectivity index (χ3v) is 4.74. The maximum absolute atomic E-state index is 2.60. The fourth-order valence-corrected chi connectivity index (χ4v) is 3.32. The van der Waals surface area contributed by atoms with E-state index in [0.717, 1.165) is 13.1 Å². The molecular formula is C18H27N3. The van der Waals surface area contributed by atoms with Crippen molar-refractivity contribution in [3.63, 3.8) is 0 Å². The zero-order valence-electron chi connectivity index (χ0n) is 13.2. The summed E-state index contributed by atoms with van der Waals surface area (Å²) in [6.07, 6.45) is 3.66. The van der Waals surface area contributed by atoms with Crippen molar-refractivity contribution in [2.45, 2.75) is 19.9 Å². The van der Waals surface area contributed by atoms with Gasteiger partial charge in [-0.05, 0) is 18.5 Å². The lowest BCUT2D eigenvalue weighted by Crippen LogP contribution is -2.46. The highest BCUT2D eigenvalue weighted by Gasteiger charge is 2.20. The molecule has 0 atom stereocenters. The second-order valence-corrected chi connectivity index (χ2v) is 6.09. The Morgan fingerprint density at radius 3 is 2.29 bits per heavy atom. The number of rotatable bonds is 4. The first-order valence-corrected chi connectivity index (χ1v) is 8.28. The molecule has 0 aromatic heterocycles. The Morgan fingerprint density at radius 2 is 1.67 bits per heavy atom. The topological polar surface area (TPSA) is 9.72 Å². The standard InChI is InChI=1S/C18H27N3/c1-2-19-12-14-21(15-13-19)18-8-10-20(11-9-18)16-17-6-4-3-5-7-17/h3-8H,2,9-16H2,1H3. The van der Waals surface area contributed by atoms with Gasteiger partial charge < -0.3 is 9.80 Å². The predicted molar refractivity (Wildman–Crippen MR) is 88.1 cm³/mol. The largest absolute Gasteiger partial charge is 0.372 e. The summed E-state index contributed by atoms with van der Waals surface area (Å²) in [6.45, 7) is 11.7. The van der Waals surface area contributed by atoms with Crippen LogP contribution in [0.25, 0.3) is 0 Å². The van der Waals surface area contributed by atoms with E-state index in [0.29, 0.717) is 0 Å². The summed E-state index contributed by atoms with van der Waals surface area (Å²) in [6, 6.07) is 10.8. The van der Waals surface area contributed by atoms with Crippen LogP contribution in [0.3, 0.4) is 0 Å². The van der Waals surface area contributed by atoms with Gasteiger partial charge in [0.1, 0.15) is 0 Å². The maximum atomic E-state index is 2.60. The molecule has 1 aromatic carbocycles. The highest BCUT2D eigenvalue weighted by molar-refractivity contribution is 5.15. The van der Waals surface area contributed by atoms with Gasteiger partial charge in [-0.15, -0.1) is 0 Å². The Bertz CT molecular complexity index is 461. The van der Waals surface area contributed by atoms with Crippen molar-refractivity contribution in [2.75, 3.05) is 45.8 Å². The molecule has 2 aliphatic rings. The van der Waals surface area contributed by atoms with Gasteiger partial charge in [0.15, 0.2) is 0 Å².